The minimum Gasteiger partial charge on any atom is -0.392 e. The highest BCUT2D eigenvalue weighted by Crippen LogP contribution is 2.25. The quantitative estimate of drug-likeness (QED) is 0.889. The largest absolute Gasteiger partial charge is 0.392 e. The Kier molecular flexibility index (Phi) is 5.85. The normalized spacial score (nSPS) is 22.0. The highest BCUT2D eigenvalue weighted by Gasteiger charge is 2.37. The first-order valence-corrected chi connectivity index (χ1v) is 9.25. The maximum Gasteiger partial charge on any atom is 0.282 e. The molecule has 1 fully saturated rings. The second kappa shape index (κ2) is 7.27. The van der Waals surface area contributed by atoms with E-state index in [2.05, 4.69) is 0 Å². The lowest BCUT2D eigenvalue weighted by atomic mass is 10.0. The van der Waals surface area contributed by atoms with Crippen molar-refractivity contribution >= 4 is 21.8 Å². The second-order valence-corrected chi connectivity index (χ2v) is 8.23. The predicted octanol–water partition coefficient (Wildman–Crippen LogP) is 2.25. The van der Waals surface area contributed by atoms with E-state index in [0.717, 1.165) is 18.4 Å². The molecule has 0 saturated carbocycles. The topological polar surface area (TPSA) is 60.9 Å². The SMILES string of the molecule is C[C@@H](O)[C@H]1CCCCN1S(=O)(=O)N(C)Cc1ccc(Cl)cc1. The molecule has 124 valence electrons. The summed E-state index contributed by atoms with van der Waals surface area (Å²) in [5.74, 6) is 0. The number of hydrogen-bond donors (Lipinski definition) is 1. The third kappa shape index (κ3) is 4.00. The van der Waals surface area contributed by atoms with Crippen LogP contribution >= 0.6 is 11.6 Å². The third-order valence-corrected chi connectivity index (χ3v) is 6.28. The zero-order valence-electron chi connectivity index (χ0n) is 12.9. The number of nitrogens with zero attached hydrogens (tertiary/aromatic N) is 2. The molecule has 1 aromatic rings. The Hall–Kier alpha value is -0.660. The molecule has 0 radical (unpaired) electrons. The van der Waals surface area contributed by atoms with E-state index in [1.54, 1.807) is 26.1 Å². The van der Waals surface area contributed by atoms with Gasteiger partial charge in [0.15, 0.2) is 0 Å². The predicted molar refractivity (Wildman–Crippen MR) is 87.9 cm³/mol. The number of rotatable bonds is 5. The smallest absolute Gasteiger partial charge is 0.282 e. The molecule has 0 bridgehead atoms. The monoisotopic (exact) mass is 346 g/mol. The summed E-state index contributed by atoms with van der Waals surface area (Å²) >= 11 is 5.85. The van der Waals surface area contributed by atoms with Gasteiger partial charge in [0.2, 0.25) is 0 Å². The van der Waals surface area contributed by atoms with Crippen LogP contribution in [0.25, 0.3) is 0 Å². The van der Waals surface area contributed by atoms with Gasteiger partial charge in [-0.2, -0.15) is 17.0 Å². The molecule has 1 heterocycles. The fourth-order valence-corrected chi connectivity index (χ4v) is 4.59. The molecule has 22 heavy (non-hydrogen) atoms. The minimum absolute atomic E-state index is 0.280. The van der Waals surface area contributed by atoms with Gasteiger partial charge in [0.05, 0.1) is 12.1 Å². The van der Waals surface area contributed by atoms with Gasteiger partial charge in [-0.3, -0.25) is 0 Å². The molecule has 1 aliphatic heterocycles. The standard InChI is InChI=1S/C15H23ClN2O3S/c1-12(19)15-5-3-4-10-18(15)22(20,21)17(2)11-13-6-8-14(16)9-7-13/h6-9,12,15,19H,3-5,10-11H2,1-2H3/t12-,15-/m1/s1. The van der Waals surface area contributed by atoms with Crippen LogP contribution in [0, 0.1) is 0 Å². The second-order valence-electron chi connectivity index (χ2n) is 5.80. The van der Waals surface area contributed by atoms with Gasteiger partial charge in [0, 0.05) is 25.2 Å². The van der Waals surface area contributed by atoms with E-state index >= 15 is 0 Å². The van der Waals surface area contributed by atoms with Gasteiger partial charge >= 0.3 is 0 Å². The summed E-state index contributed by atoms with van der Waals surface area (Å²) in [5.41, 5.74) is 0.876. The van der Waals surface area contributed by atoms with Crippen molar-refractivity contribution < 1.29 is 13.5 Å². The number of aliphatic hydroxyl groups excluding tert-OH is 1. The van der Waals surface area contributed by atoms with Crippen LogP contribution in [0.15, 0.2) is 24.3 Å². The first kappa shape index (κ1) is 17.7. The highest BCUT2D eigenvalue weighted by atomic mass is 35.5. The molecule has 1 saturated heterocycles. The van der Waals surface area contributed by atoms with Crippen molar-refractivity contribution in [3.05, 3.63) is 34.9 Å². The van der Waals surface area contributed by atoms with Crippen LogP contribution in [0.1, 0.15) is 31.7 Å². The Balaban J connectivity index is 2.15. The lowest BCUT2D eigenvalue weighted by molar-refractivity contribution is 0.0796. The van der Waals surface area contributed by atoms with E-state index in [1.165, 1.54) is 8.61 Å². The van der Waals surface area contributed by atoms with Crippen molar-refractivity contribution in [3.8, 4) is 0 Å². The Labute approximate surface area is 137 Å². The summed E-state index contributed by atoms with van der Waals surface area (Å²) in [4.78, 5) is 0. The Bertz CT molecular complexity index is 589. The molecule has 0 aliphatic carbocycles. The number of piperidine rings is 1. The molecule has 0 aromatic heterocycles. The van der Waals surface area contributed by atoms with Gasteiger partial charge < -0.3 is 5.11 Å². The summed E-state index contributed by atoms with van der Waals surface area (Å²) in [6.07, 6.45) is 1.81. The fraction of sp³-hybridized carbons (Fsp3) is 0.600. The summed E-state index contributed by atoms with van der Waals surface area (Å²) in [6.45, 7) is 2.39. The van der Waals surface area contributed by atoms with E-state index in [4.69, 9.17) is 11.6 Å². The average molecular weight is 347 g/mol. The molecular weight excluding hydrogens is 324 g/mol. The zero-order chi connectivity index (χ0) is 16.3. The van der Waals surface area contributed by atoms with Gasteiger partial charge in [-0.1, -0.05) is 30.2 Å². The molecule has 0 unspecified atom stereocenters. The highest BCUT2D eigenvalue weighted by molar-refractivity contribution is 7.86. The van der Waals surface area contributed by atoms with Crippen LogP contribution in [-0.2, 0) is 16.8 Å². The van der Waals surface area contributed by atoms with Crippen molar-refractivity contribution in [1.82, 2.24) is 8.61 Å². The van der Waals surface area contributed by atoms with Gasteiger partial charge in [-0.05, 0) is 37.5 Å². The van der Waals surface area contributed by atoms with Crippen molar-refractivity contribution in [2.45, 2.75) is 44.9 Å². The Morgan fingerprint density at radius 1 is 1.36 bits per heavy atom. The van der Waals surface area contributed by atoms with Crippen molar-refractivity contribution in [2.75, 3.05) is 13.6 Å². The maximum absolute atomic E-state index is 12.8. The van der Waals surface area contributed by atoms with E-state index in [-0.39, 0.29) is 12.6 Å². The molecule has 5 nitrogen and oxygen atoms in total. The van der Waals surface area contributed by atoms with Gasteiger partial charge in [-0.15, -0.1) is 0 Å². The lowest BCUT2D eigenvalue weighted by Gasteiger charge is -2.38. The van der Waals surface area contributed by atoms with Gasteiger partial charge in [0.25, 0.3) is 10.2 Å². The number of halogens is 1. The van der Waals surface area contributed by atoms with Gasteiger partial charge in [-0.25, -0.2) is 0 Å². The summed E-state index contributed by atoms with van der Waals surface area (Å²) in [6, 6.07) is 6.78. The molecule has 0 spiro atoms. The molecular formula is C15H23ClN2O3S. The van der Waals surface area contributed by atoms with E-state index in [9.17, 15) is 13.5 Å². The van der Waals surface area contributed by atoms with E-state index in [0.29, 0.717) is 18.0 Å². The molecule has 2 rings (SSSR count). The molecule has 1 aromatic carbocycles. The van der Waals surface area contributed by atoms with Crippen LogP contribution in [0.4, 0.5) is 0 Å². The first-order valence-electron chi connectivity index (χ1n) is 7.48. The number of hydrogen-bond acceptors (Lipinski definition) is 3. The van der Waals surface area contributed by atoms with Crippen LogP contribution in [-0.4, -0.2) is 47.9 Å². The Morgan fingerprint density at radius 3 is 2.59 bits per heavy atom. The summed E-state index contributed by atoms with van der Waals surface area (Å²) < 4.78 is 28.3. The number of aliphatic hydroxyl groups is 1. The first-order chi connectivity index (χ1) is 10.3. The maximum atomic E-state index is 12.8. The van der Waals surface area contributed by atoms with Crippen LogP contribution in [0.5, 0.6) is 0 Å². The zero-order valence-corrected chi connectivity index (χ0v) is 14.5. The Morgan fingerprint density at radius 2 is 2.00 bits per heavy atom. The van der Waals surface area contributed by atoms with Crippen molar-refractivity contribution in [2.24, 2.45) is 0 Å². The molecule has 2 atom stereocenters. The molecule has 7 heteroatoms. The van der Waals surface area contributed by atoms with E-state index < -0.39 is 16.3 Å². The van der Waals surface area contributed by atoms with Crippen LogP contribution in [0.2, 0.25) is 5.02 Å². The number of benzene rings is 1. The minimum atomic E-state index is -3.59. The van der Waals surface area contributed by atoms with Gasteiger partial charge in [0.1, 0.15) is 0 Å². The molecule has 0 amide bonds. The van der Waals surface area contributed by atoms with Crippen molar-refractivity contribution in [1.29, 1.82) is 0 Å². The molecule has 1 aliphatic rings. The summed E-state index contributed by atoms with van der Waals surface area (Å²) in [5, 5.41) is 10.5. The van der Waals surface area contributed by atoms with E-state index in [1.807, 2.05) is 12.1 Å². The summed E-state index contributed by atoms with van der Waals surface area (Å²) in [7, 11) is -2.02. The third-order valence-electron chi connectivity index (χ3n) is 4.06. The van der Waals surface area contributed by atoms with Crippen molar-refractivity contribution in [3.63, 3.8) is 0 Å². The average Bonchev–Trinajstić information content (AvgIpc) is 2.49. The van der Waals surface area contributed by atoms with Crippen LogP contribution in [0.3, 0.4) is 0 Å². The lowest BCUT2D eigenvalue weighted by Crippen LogP contribution is -2.53. The molecule has 1 N–H and O–H groups in total. The van der Waals surface area contributed by atoms with Crippen LogP contribution < -0.4 is 0 Å². The fourth-order valence-electron chi connectivity index (χ4n) is 2.81.